The van der Waals surface area contributed by atoms with Crippen LogP contribution in [0.25, 0.3) is 0 Å². The van der Waals surface area contributed by atoms with Crippen molar-refractivity contribution < 1.29 is 9.18 Å². The Hall–Kier alpha value is -1.68. The third-order valence-electron chi connectivity index (χ3n) is 2.68. The third-order valence-corrected chi connectivity index (χ3v) is 2.68. The van der Waals surface area contributed by atoms with Crippen molar-refractivity contribution in [1.29, 1.82) is 0 Å². The predicted molar refractivity (Wildman–Crippen MR) is 70.6 cm³/mol. The zero-order chi connectivity index (χ0) is 13.5. The molecule has 1 aromatic rings. The highest BCUT2D eigenvalue weighted by Gasteiger charge is 2.15. The summed E-state index contributed by atoms with van der Waals surface area (Å²) in [6, 6.07) is 5.91. The fourth-order valence-electron chi connectivity index (χ4n) is 1.62. The molecule has 2 unspecified atom stereocenters. The van der Waals surface area contributed by atoms with Crippen molar-refractivity contribution in [3.05, 3.63) is 48.3 Å². The summed E-state index contributed by atoms with van der Waals surface area (Å²) in [6.45, 7) is 7.72. The molecule has 0 aliphatic rings. The van der Waals surface area contributed by atoms with E-state index >= 15 is 0 Å². The van der Waals surface area contributed by atoms with E-state index in [2.05, 4.69) is 17.2 Å². The highest BCUT2D eigenvalue weighted by molar-refractivity contribution is 5.81. The zero-order valence-electron chi connectivity index (χ0n) is 10.7. The lowest BCUT2D eigenvalue weighted by Crippen LogP contribution is -2.43. The van der Waals surface area contributed by atoms with Crippen molar-refractivity contribution in [3.8, 4) is 0 Å². The molecule has 0 spiro atoms. The molecule has 0 heterocycles. The third kappa shape index (κ3) is 4.30. The Labute approximate surface area is 107 Å². The van der Waals surface area contributed by atoms with Crippen molar-refractivity contribution in [2.45, 2.75) is 25.9 Å². The SMILES string of the molecule is C=CCNC(=O)C(C)NC(C)c1ccc(F)cc1. The molecule has 0 fully saturated rings. The first-order valence-electron chi connectivity index (χ1n) is 5.94. The lowest BCUT2D eigenvalue weighted by Gasteiger charge is -2.19. The molecular weight excluding hydrogens is 231 g/mol. The number of hydrogen-bond acceptors (Lipinski definition) is 2. The fourth-order valence-corrected chi connectivity index (χ4v) is 1.62. The minimum atomic E-state index is -0.315. The highest BCUT2D eigenvalue weighted by atomic mass is 19.1. The Bertz CT molecular complexity index is 403. The molecule has 1 aromatic carbocycles. The summed E-state index contributed by atoms with van der Waals surface area (Å²) in [7, 11) is 0. The van der Waals surface area contributed by atoms with Gasteiger partial charge in [-0.05, 0) is 31.5 Å². The number of carbonyl (C=O) groups excluding carboxylic acids is 1. The van der Waals surface area contributed by atoms with Gasteiger partial charge in [0.15, 0.2) is 0 Å². The van der Waals surface area contributed by atoms with Crippen molar-refractivity contribution in [1.82, 2.24) is 10.6 Å². The van der Waals surface area contributed by atoms with Gasteiger partial charge in [-0.15, -0.1) is 6.58 Å². The van der Waals surface area contributed by atoms with Gasteiger partial charge in [-0.2, -0.15) is 0 Å². The van der Waals surface area contributed by atoms with Gasteiger partial charge in [-0.25, -0.2) is 4.39 Å². The van der Waals surface area contributed by atoms with E-state index in [0.717, 1.165) is 5.56 Å². The van der Waals surface area contributed by atoms with E-state index in [9.17, 15) is 9.18 Å². The van der Waals surface area contributed by atoms with E-state index in [-0.39, 0.29) is 23.8 Å². The van der Waals surface area contributed by atoms with Crippen LogP contribution in [0.2, 0.25) is 0 Å². The van der Waals surface area contributed by atoms with Crippen LogP contribution < -0.4 is 10.6 Å². The van der Waals surface area contributed by atoms with Crippen LogP contribution in [0.3, 0.4) is 0 Å². The lowest BCUT2D eigenvalue weighted by atomic mass is 10.1. The molecule has 2 atom stereocenters. The number of nitrogens with one attached hydrogen (secondary N) is 2. The summed E-state index contributed by atoms with van der Waals surface area (Å²) < 4.78 is 12.8. The molecular formula is C14H19FN2O. The standard InChI is InChI=1S/C14H19FN2O/c1-4-9-16-14(18)11(3)17-10(2)12-5-7-13(15)8-6-12/h4-8,10-11,17H,1,9H2,2-3H3,(H,16,18). The molecule has 2 N–H and O–H groups in total. The monoisotopic (exact) mass is 250 g/mol. The van der Waals surface area contributed by atoms with Crippen LogP contribution in [0.5, 0.6) is 0 Å². The summed E-state index contributed by atoms with van der Waals surface area (Å²) in [5.74, 6) is -0.341. The average molecular weight is 250 g/mol. The zero-order valence-corrected chi connectivity index (χ0v) is 10.7. The second kappa shape index (κ2) is 6.91. The van der Waals surface area contributed by atoms with Gasteiger partial charge >= 0.3 is 0 Å². The largest absolute Gasteiger partial charge is 0.351 e. The summed E-state index contributed by atoms with van der Waals surface area (Å²) in [4.78, 5) is 11.6. The molecule has 0 radical (unpaired) electrons. The summed E-state index contributed by atoms with van der Waals surface area (Å²) in [6.07, 6.45) is 1.63. The maximum Gasteiger partial charge on any atom is 0.237 e. The molecule has 18 heavy (non-hydrogen) atoms. The number of amides is 1. The molecule has 1 amide bonds. The molecule has 0 saturated carbocycles. The first-order chi connectivity index (χ1) is 8.54. The van der Waals surface area contributed by atoms with Crippen molar-refractivity contribution in [3.63, 3.8) is 0 Å². The molecule has 0 saturated heterocycles. The molecule has 3 nitrogen and oxygen atoms in total. The van der Waals surface area contributed by atoms with Crippen molar-refractivity contribution >= 4 is 5.91 Å². The Morgan fingerprint density at radius 2 is 2.00 bits per heavy atom. The van der Waals surface area contributed by atoms with Crippen LogP contribution in [0.1, 0.15) is 25.5 Å². The Balaban J connectivity index is 2.53. The van der Waals surface area contributed by atoms with Gasteiger partial charge in [0.05, 0.1) is 6.04 Å². The van der Waals surface area contributed by atoms with Gasteiger partial charge in [-0.3, -0.25) is 10.1 Å². The minimum Gasteiger partial charge on any atom is -0.351 e. The van der Waals surface area contributed by atoms with E-state index < -0.39 is 0 Å². The van der Waals surface area contributed by atoms with Gasteiger partial charge in [0, 0.05) is 12.6 Å². The molecule has 0 aliphatic heterocycles. The number of halogens is 1. The second-order valence-corrected chi connectivity index (χ2v) is 4.20. The number of benzene rings is 1. The van der Waals surface area contributed by atoms with Gasteiger partial charge < -0.3 is 5.32 Å². The molecule has 0 aliphatic carbocycles. The van der Waals surface area contributed by atoms with Crippen LogP contribution in [0.15, 0.2) is 36.9 Å². The first-order valence-corrected chi connectivity index (χ1v) is 5.94. The molecule has 0 aromatic heterocycles. The molecule has 4 heteroatoms. The number of carbonyl (C=O) groups is 1. The molecule has 1 rings (SSSR count). The quantitative estimate of drug-likeness (QED) is 0.760. The van der Waals surface area contributed by atoms with Crippen LogP contribution in [-0.2, 0) is 4.79 Å². The van der Waals surface area contributed by atoms with E-state index in [4.69, 9.17) is 0 Å². The average Bonchev–Trinajstić information content (AvgIpc) is 2.36. The Morgan fingerprint density at radius 3 is 2.56 bits per heavy atom. The van der Waals surface area contributed by atoms with Crippen LogP contribution in [0.4, 0.5) is 4.39 Å². The van der Waals surface area contributed by atoms with Gasteiger partial charge in [0.2, 0.25) is 5.91 Å². The molecule has 0 bridgehead atoms. The van der Waals surface area contributed by atoms with Crippen molar-refractivity contribution in [2.75, 3.05) is 6.54 Å². The Kier molecular flexibility index (Phi) is 5.52. The second-order valence-electron chi connectivity index (χ2n) is 4.20. The van der Waals surface area contributed by atoms with E-state index in [1.165, 1.54) is 12.1 Å². The lowest BCUT2D eigenvalue weighted by molar-refractivity contribution is -0.122. The first kappa shape index (κ1) is 14.4. The maximum absolute atomic E-state index is 12.8. The summed E-state index contributed by atoms with van der Waals surface area (Å²) in [5.41, 5.74) is 0.944. The van der Waals surface area contributed by atoms with E-state index in [1.807, 2.05) is 6.92 Å². The molecule has 98 valence electrons. The number of hydrogen-bond donors (Lipinski definition) is 2. The highest BCUT2D eigenvalue weighted by Crippen LogP contribution is 2.13. The maximum atomic E-state index is 12.8. The summed E-state index contributed by atoms with van der Waals surface area (Å²) >= 11 is 0. The number of rotatable bonds is 6. The minimum absolute atomic E-state index is 0.0184. The van der Waals surface area contributed by atoms with Crippen LogP contribution in [-0.4, -0.2) is 18.5 Å². The van der Waals surface area contributed by atoms with Gasteiger partial charge in [0.25, 0.3) is 0 Å². The van der Waals surface area contributed by atoms with Crippen LogP contribution >= 0.6 is 0 Å². The van der Waals surface area contributed by atoms with Crippen LogP contribution in [0, 0.1) is 5.82 Å². The van der Waals surface area contributed by atoms with E-state index in [0.29, 0.717) is 6.54 Å². The normalized spacial score (nSPS) is 13.7. The van der Waals surface area contributed by atoms with Gasteiger partial charge in [-0.1, -0.05) is 18.2 Å². The van der Waals surface area contributed by atoms with Gasteiger partial charge in [0.1, 0.15) is 5.82 Å². The Morgan fingerprint density at radius 1 is 1.39 bits per heavy atom. The fraction of sp³-hybridized carbons (Fsp3) is 0.357. The smallest absolute Gasteiger partial charge is 0.237 e. The van der Waals surface area contributed by atoms with Crippen molar-refractivity contribution in [2.24, 2.45) is 0 Å². The predicted octanol–water partition coefficient (Wildman–Crippen LogP) is 2.17. The summed E-state index contributed by atoms with van der Waals surface area (Å²) in [5, 5.41) is 5.87. The van der Waals surface area contributed by atoms with E-state index in [1.54, 1.807) is 25.1 Å². The topological polar surface area (TPSA) is 41.1 Å².